The van der Waals surface area contributed by atoms with E-state index in [4.69, 9.17) is 0 Å². The Morgan fingerprint density at radius 3 is 2.79 bits per heavy atom. The van der Waals surface area contributed by atoms with E-state index in [2.05, 4.69) is 9.97 Å². The minimum absolute atomic E-state index is 0.0420. The number of amides is 1. The van der Waals surface area contributed by atoms with Crippen LogP contribution in [-0.4, -0.2) is 44.4 Å². The molecule has 0 N–H and O–H groups in total. The Morgan fingerprint density at radius 2 is 2.21 bits per heavy atom. The maximum Gasteiger partial charge on any atom is 0.406 e. The van der Waals surface area contributed by atoms with Gasteiger partial charge in [0.05, 0.1) is 0 Å². The SMILES string of the molecule is CCN(CC(F)(F)F)C(=O)c1cn2cccnc2n1. The Bertz CT molecular complexity index is 560. The summed E-state index contributed by atoms with van der Waals surface area (Å²) in [5.74, 6) is -0.487. The van der Waals surface area contributed by atoms with Crippen LogP contribution in [0.25, 0.3) is 5.78 Å². The Balaban J connectivity index is 2.26. The Morgan fingerprint density at radius 1 is 1.47 bits per heavy atom. The standard InChI is InChI=1S/C11H11F3N4O/c1-2-17(7-11(12,13)14)9(19)8-6-18-5-3-4-15-10(18)16-8/h3-6H,2,7H2,1H3. The van der Waals surface area contributed by atoms with Gasteiger partial charge in [-0.2, -0.15) is 13.2 Å². The molecule has 0 aliphatic rings. The van der Waals surface area contributed by atoms with Gasteiger partial charge < -0.3 is 4.90 Å². The number of fused-ring (bicyclic) bond motifs is 1. The Kier molecular flexibility index (Phi) is 3.41. The van der Waals surface area contributed by atoms with E-state index < -0.39 is 18.6 Å². The summed E-state index contributed by atoms with van der Waals surface area (Å²) < 4.78 is 38.5. The summed E-state index contributed by atoms with van der Waals surface area (Å²) in [5, 5.41) is 0. The number of hydrogen-bond donors (Lipinski definition) is 0. The van der Waals surface area contributed by atoms with Crippen molar-refractivity contribution in [2.75, 3.05) is 13.1 Å². The zero-order valence-corrected chi connectivity index (χ0v) is 10.1. The molecule has 102 valence electrons. The summed E-state index contributed by atoms with van der Waals surface area (Å²) in [7, 11) is 0. The van der Waals surface area contributed by atoms with E-state index in [1.165, 1.54) is 23.7 Å². The van der Waals surface area contributed by atoms with Crippen molar-refractivity contribution in [2.45, 2.75) is 13.1 Å². The molecule has 0 spiro atoms. The molecule has 5 nitrogen and oxygen atoms in total. The van der Waals surface area contributed by atoms with Crippen LogP contribution in [0.1, 0.15) is 17.4 Å². The Labute approximate surface area is 106 Å². The fourth-order valence-corrected chi connectivity index (χ4v) is 1.64. The molecule has 0 unspecified atom stereocenters. The largest absolute Gasteiger partial charge is 0.406 e. The van der Waals surface area contributed by atoms with Crippen molar-refractivity contribution in [1.29, 1.82) is 0 Å². The van der Waals surface area contributed by atoms with Crippen molar-refractivity contribution in [1.82, 2.24) is 19.3 Å². The van der Waals surface area contributed by atoms with Crippen LogP contribution in [0.5, 0.6) is 0 Å². The molecule has 19 heavy (non-hydrogen) atoms. The first-order valence-electron chi connectivity index (χ1n) is 5.56. The van der Waals surface area contributed by atoms with E-state index in [-0.39, 0.29) is 18.0 Å². The first-order valence-corrected chi connectivity index (χ1v) is 5.56. The monoisotopic (exact) mass is 272 g/mol. The number of halogens is 3. The molecule has 2 aromatic heterocycles. The smallest absolute Gasteiger partial charge is 0.328 e. The highest BCUT2D eigenvalue weighted by Gasteiger charge is 2.33. The van der Waals surface area contributed by atoms with Crippen LogP contribution in [0.15, 0.2) is 24.7 Å². The molecule has 2 heterocycles. The molecule has 0 radical (unpaired) electrons. The van der Waals surface area contributed by atoms with E-state index in [0.29, 0.717) is 4.90 Å². The van der Waals surface area contributed by atoms with Gasteiger partial charge in [-0.3, -0.25) is 9.20 Å². The first kappa shape index (κ1) is 13.3. The van der Waals surface area contributed by atoms with Gasteiger partial charge in [0.25, 0.3) is 5.91 Å². The van der Waals surface area contributed by atoms with Gasteiger partial charge >= 0.3 is 6.18 Å². The lowest BCUT2D eigenvalue weighted by molar-refractivity contribution is -0.140. The highest BCUT2D eigenvalue weighted by atomic mass is 19.4. The molecular weight excluding hydrogens is 261 g/mol. The topological polar surface area (TPSA) is 50.5 Å². The molecule has 0 aromatic carbocycles. The number of carbonyl (C=O) groups excluding carboxylic acids is 1. The van der Waals surface area contributed by atoms with E-state index in [1.54, 1.807) is 12.3 Å². The van der Waals surface area contributed by atoms with Gasteiger partial charge in [-0.25, -0.2) is 9.97 Å². The van der Waals surface area contributed by atoms with Gasteiger partial charge in [-0.15, -0.1) is 0 Å². The van der Waals surface area contributed by atoms with Crippen molar-refractivity contribution in [3.63, 3.8) is 0 Å². The number of carbonyl (C=O) groups is 1. The number of alkyl halides is 3. The van der Waals surface area contributed by atoms with E-state index >= 15 is 0 Å². The zero-order valence-electron chi connectivity index (χ0n) is 10.1. The van der Waals surface area contributed by atoms with Gasteiger partial charge in [-0.05, 0) is 13.0 Å². The summed E-state index contributed by atoms with van der Waals surface area (Å²) in [6, 6.07) is 1.64. The predicted molar refractivity (Wildman–Crippen MR) is 60.6 cm³/mol. The number of hydrogen-bond acceptors (Lipinski definition) is 3. The normalized spacial score (nSPS) is 11.8. The van der Waals surface area contributed by atoms with Crippen molar-refractivity contribution >= 4 is 11.7 Å². The third-order valence-corrected chi connectivity index (χ3v) is 2.49. The summed E-state index contributed by atoms with van der Waals surface area (Å²) >= 11 is 0. The third-order valence-electron chi connectivity index (χ3n) is 2.49. The lowest BCUT2D eigenvalue weighted by Gasteiger charge is -2.21. The lowest BCUT2D eigenvalue weighted by Crippen LogP contribution is -2.38. The second-order valence-electron chi connectivity index (χ2n) is 3.89. The summed E-state index contributed by atoms with van der Waals surface area (Å²) in [6.45, 7) is 0.154. The molecule has 0 fully saturated rings. The van der Waals surface area contributed by atoms with Gasteiger partial charge in [0.15, 0.2) is 0 Å². The quantitative estimate of drug-likeness (QED) is 0.855. The van der Waals surface area contributed by atoms with Crippen LogP contribution in [0.4, 0.5) is 13.2 Å². The molecule has 0 saturated carbocycles. The van der Waals surface area contributed by atoms with Gasteiger partial charge in [0.1, 0.15) is 12.2 Å². The fraction of sp³-hybridized carbons (Fsp3) is 0.364. The highest BCUT2D eigenvalue weighted by molar-refractivity contribution is 5.92. The van der Waals surface area contributed by atoms with Crippen LogP contribution in [-0.2, 0) is 0 Å². The lowest BCUT2D eigenvalue weighted by atomic mass is 10.3. The zero-order chi connectivity index (χ0) is 14.0. The summed E-state index contributed by atoms with van der Waals surface area (Å²) in [6.07, 6.45) is 0.0445. The van der Waals surface area contributed by atoms with Crippen molar-refractivity contribution in [2.24, 2.45) is 0 Å². The minimum Gasteiger partial charge on any atom is -0.328 e. The Hall–Kier alpha value is -2.12. The molecule has 8 heteroatoms. The third kappa shape index (κ3) is 3.01. The molecule has 2 aromatic rings. The van der Waals surface area contributed by atoms with Gasteiger partial charge in [0, 0.05) is 25.1 Å². The van der Waals surface area contributed by atoms with Crippen LogP contribution >= 0.6 is 0 Å². The molecular formula is C11H11F3N4O. The summed E-state index contributed by atoms with van der Waals surface area (Å²) in [5.41, 5.74) is -0.0511. The van der Waals surface area contributed by atoms with Crippen LogP contribution in [0.2, 0.25) is 0 Å². The molecule has 1 amide bonds. The second-order valence-corrected chi connectivity index (χ2v) is 3.89. The summed E-state index contributed by atoms with van der Waals surface area (Å²) in [4.78, 5) is 20.4. The van der Waals surface area contributed by atoms with Gasteiger partial charge in [-0.1, -0.05) is 0 Å². The minimum atomic E-state index is -4.43. The van der Waals surface area contributed by atoms with E-state index in [9.17, 15) is 18.0 Å². The van der Waals surface area contributed by atoms with Crippen LogP contribution in [0.3, 0.4) is 0 Å². The number of nitrogens with zero attached hydrogens (tertiary/aromatic N) is 4. The van der Waals surface area contributed by atoms with Crippen molar-refractivity contribution < 1.29 is 18.0 Å². The highest BCUT2D eigenvalue weighted by Crippen LogP contribution is 2.17. The molecule has 0 atom stereocenters. The molecule has 0 aliphatic carbocycles. The van der Waals surface area contributed by atoms with Crippen molar-refractivity contribution in [3.05, 3.63) is 30.4 Å². The van der Waals surface area contributed by atoms with Gasteiger partial charge in [0.2, 0.25) is 5.78 Å². The van der Waals surface area contributed by atoms with Crippen molar-refractivity contribution in [3.8, 4) is 0 Å². The fourth-order valence-electron chi connectivity index (χ4n) is 1.64. The molecule has 0 aliphatic heterocycles. The number of imidazole rings is 1. The second kappa shape index (κ2) is 4.87. The maximum atomic E-state index is 12.3. The van der Waals surface area contributed by atoms with Crippen LogP contribution in [0, 0.1) is 0 Å². The van der Waals surface area contributed by atoms with E-state index in [1.807, 2.05) is 0 Å². The van der Waals surface area contributed by atoms with Crippen LogP contribution < -0.4 is 0 Å². The predicted octanol–water partition coefficient (Wildman–Crippen LogP) is 1.75. The maximum absolute atomic E-state index is 12.3. The number of rotatable bonds is 3. The first-order chi connectivity index (χ1) is 8.90. The van der Waals surface area contributed by atoms with E-state index in [0.717, 1.165) is 0 Å². The molecule has 0 saturated heterocycles. The number of aromatic nitrogens is 3. The average Bonchev–Trinajstić information content (AvgIpc) is 2.77. The molecule has 2 rings (SSSR count). The molecule has 0 bridgehead atoms. The average molecular weight is 272 g/mol.